The molecule has 2 N–H and O–H groups in total. The summed E-state index contributed by atoms with van der Waals surface area (Å²) in [6, 6.07) is 11.8. The highest BCUT2D eigenvalue weighted by Gasteiger charge is 2.48. The first-order valence-electron chi connectivity index (χ1n) is 8.74. The van der Waals surface area contributed by atoms with Gasteiger partial charge in [-0.3, -0.25) is 0 Å². The van der Waals surface area contributed by atoms with Crippen LogP contribution in [-0.2, 0) is 19.3 Å². The number of benzene rings is 2. The number of rotatable bonds is 3. The maximum atomic E-state index is 9.87. The van der Waals surface area contributed by atoms with Gasteiger partial charge in [-0.15, -0.1) is 0 Å². The first-order chi connectivity index (χ1) is 11.1. The molecule has 0 amide bonds. The summed E-state index contributed by atoms with van der Waals surface area (Å²) in [6.07, 6.45) is 6.85. The molecule has 0 radical (unpaired) electrons. The first kappa shape index (κ1) is 14.6. The van der Waals surface area contributed by atoms with E-state index in [2.05, 4.69) is 19.1 Å². The SMILES string of the molecule is CCCCC1c2ccc(O)cc2CC12Cc1ccc(O)cc1C2. The number of fused-ring (bicyclic) bond motifs is 2. The highest BCUT2D eigenvalue weighted by Crippen LogP contribution is 2.57. The van der Waals surface area contributed by atoms with E-state index in [9.17, 15) is 10.2 Å². The molecule has 0 fully saturated rings. The summed E-state index contributed by atoms with van der Waals surface area (Å²) >= 11 is 0. The minimum Gasteiger partial charge on any atom is -0.508 e. The summed E-state index contributed by atoms with van der Waals surface area (Å²) in [5.74, 6) is 1.31. The molecule has 0 bridgehead atoms. The molecule has 0 saturated carbocycles. The van der Waals surface area contributed by atoms with Crippen LogP contribution in [0.15, 0.2) is 36.4 Å². The third-order valence-corrected chi connectivity index (χ3v) is 5.90. The zero-order valence-electron chi connectivity index (χ0n) is 13.7. The molecule has 2 aromatic carbocycles. The zero-order chi connectivity index (χ0) is 16.0. The molecule has 0 aliphatic heterocycles. The van der Waals surface area contributed by atoms with Crippen LogP contribution in [0.25, 0.3) is 0 Å². The van der Waals surface area contributed by atoms with Crippen molar-refractivity contribution >= 4 is 0 Å². The third-order valence-electron chi connectivity index (χ3n) is 5.90. The van der Waals surface area contributed by atoms with Gasteiger partial charge in [0.15, 0.2) is 0 Å². The van der Waals surface area contributed by atoms with Crippen LogP contribution in [0.4, 0.5) is 0 Å². The van der Waals surface area contributed by atoms with Crippen molar-refractivity contribution in [1.29, 1.82) is 0 Å². The van der Waals surface area contributed by atoms with Gasteiger partial charge in [-0.2, -0.15) is 0 Å². The van der Waals surface area contributed by atoms with Crippen molar-refractivity contribution in [2.24, 2.45) is 5.41 Å². The number of phenols is 2. The van der Waals surface area contributed by atoms with Gasteiger partial charge in [0.25, 0.3) is 0 Å². The number of aromatic hydroxyl groups is 2. The Bertz CT molecular complexity index is 746. The second-order valence-corrected chi connectivity index (χ2v) is 7.42. The summed E-state index contributed by atoms with van der Waals surface area (Å²) < 4.78 is 0. The van der Waals surface area contributed by atoms with Gasteiger partial charge in [0, 0.05) is 0 Å². The van der Waals surface area contributed by atoms with E-state index >= 15 is 0 Å². The molecule has 2 aliphatic rings. The molecule has 4 rings (SSSR count). The molecule has 2 heteroatoms. The quantitative estimate of drug-likeness (QED) is 0.862. The van der Waals surface area contributed by atoms with Crippen molar-refractivity contribution in [3.8, 4) is 11.5 Å². The topological polar surface area (TPSA) is 40.5 Å². The lowest BCUT2D eigenvalue weighted by Gasteiger charge is -2.32. The molecular weight excluding hydrogens is 284 g/mol. The highest BCUT2D eigenvalue weighted by molar-refractivity contribution is 5.48. The maximum absolute atomic E-state index is 9.87. The van der Waals surface area contributed by atoms with Crippen molar-refractivity contribution in [2.75, 3.05) is 0 Å². The molecule has 23 heavy (non-hydrogen) atoms. The molecule has 120 valence electrons. The molecular formula is C21H24O2. The monoisotopic (exact) mass is 308 g/mol. The van der Waals surface area contributed by atoms with Crippen LogP contribution in [-0.4, -0.2) is 10.2 Å². The lowest BCUT2D eigenvalue weighted by Crippen LogP contribution is -2.27. The lowest BCUT2D eigenvalue weighted by molar-refractivity contribution is 0.245. The predicted octanol–water partition coefficient (Wildman–Crippen LogP) is 4.71. The van der Waals surface area contributed by atoms with Gasteiger partial charge in [-0.1, -0.05) is 31.9 Å². The number of unbranched alkanes of at least 4 members (excludes halogenated alkanes) is 1. The van der Waals surface area contributed by atoms with Crippen molar-refractivity contribution in [3.05, 3.63) is 58.7 Å². The average Bonchev–Trinajstić information content (AvgIpc) is 3.01. The second-order valence-electron chi connectivity index (χ2n) is 7.42. The number of hydrogen-bond acceptors (Lipinski definition) is 2. The van der Waals surface area contributed by atoms with Gasteiger partial charge < -0.3 is 10.2 Å². The van der Waals surface area contributed by atoms with Crippen molar-refractivity contribution in [2.45, 2.75) is 51.4 Å². The molecule has 0 aromatic heterocycles. The molecule has 0 heterocycles. The van der Waals surface area contributed by atoms with Crippen molar-refractivity contribution in [1.82, 2.24) is 0 Å². The van der Waals surface area contributed by atoms with Gasteiger partial charge in [0.2, 0.25) is 0 Å². The zero-order valence-corrected chi connectivity index (χ0v) is 13.7. The fraction of sp³-hybridized carbons (Fsp3) is 0.429. The molecule has 2 aliphatic carbocycles. The fourth-order valence-electron chi connectivity index (χ4n) is 4.93. The van der Waals surface area contributed by atoms with Crippen molar-refractivity contribution < 1.29 is 10.2 Å². The Balaban J connectivity index is 1.74. The van der Waals surface area contributed by atoms with E-state index in [1.165, 1.54) is 41.5 Å². The van der Waals surface area contributed by atoms with E-state index in [0.717, 1.165) is 19.3 Å². The Hall–Kier alpha value is -1.96. The van der Waals surface area contributed by atoms with Gasteiger partial charge in [0.05, 0.1) is 0 Å². The molecule has 1 spiro atoms. The summed E-state index contributed by atoms with van der Waals surface area (Å²) in [7, 11) is 0. The Morgan fingerprint density at radius 3 is 2.35 bits per heavy atom. The third kappa shape index (κ3) is 2.32. The van der Waals surface area contributed by atoms with Crippen LogP contribution in [0.1, 0.15) is 54.4 Å². The average molecular weight is 308 g/mol. The number of hydrogen-bond donors (Lipinski definition) is 2. The minimum absolute atomic E-state index is 0.238. The second kappa shape index (κ2) is 5.30. The minimum atomic E-state index is 0.238. The standard InChI is InChI=1S/C21H24O2/c1-2-3-4-20-19-8-7-18(23)10-16(19)13-21(20)11-14-5-6-17(22)9-15(14)12-21/h5-10,20,22-23H,2-4,11-13H2,1H3. The Morgan fingerprint density at radius 1 is 0.913 bits per heavy atom. The van der Waals surface area contributed by atoms with Crippen LogP contribution in [0.3, 0.4) is 0 Å². The molecule has 0 saturated heterocycles. The van der Waals surface area contributed by atoms with Crippen molar-refractivity contribution in [3.63, 3.8) is 0 Å². The summed E-state index contributed by atoms with van der Waals surface area (Å²) in [4.78, 5) is 0. The van der Waals surface area contributed by atoms with Gasteiger partial charge in [0.1, 0.15) is 11.5 Å². The lowest BCUT2D eigenvalue weighted by atomic mass is 9.71. The summed E-state index contributed by atoms with van der Waals surface area (Å²) in [6.45, 7) is 2.25. The largest absolute Gasteiger partial charge is 0.508 e. The van der Waals surface area contributed by atoms with Crippen LogP contribution < -0.4 is 0 Å². The van der Waals surface area contributed by atoms with Gasteiger partial charge >= 0.3 is 0 Å². The maximum Gasteiger partial charge on any atom is 0.115 e. The van der Waals surface area contributed by atoms with Crippen LogP contribution in [0.5, 0.6) is 11.5 Å². The first-order valence-corrected chi connectivity index (χ1v) is 8.74. The fourth-order valence-corrected chi connectivity index (χ4v) is 4.93. The van der Waals surface area contributed by atoms with E-state index in [1.807, 2.05) is 24.3 Å². The van der Waals surface area contributed by atoms with E-state index in [0.29, 0.717) is 17.4 Å². The van der Waals surface area contributed by atoms with E-state index in [-0.39, 0.29) is 5.41 Å². The van der Waals surface area contributed by atoms with Gasteiger partial charge in [-0.25, -0.2) is 0 Å². The summed E-state index contributed by atoms with van der Waals surface area (Å²) in [5, 5.41) is 19.7. The molecule has 2 unspecified atom stereocenters. The molecule has 2 nitrogen and oxygen atoms in total. The van der Waals surface area contributed by atoms with E-state index in [4.69, 9.17) is 0 Å². The van der Waals surface area contributed by atoms with E-state index in [1.54, 1.807) is 0 Å². The van der Waals surface area contributed by atoms with Crippen LogP contribution in [0, 0.1) is 5.41 Å². The number of phenolic OH excluding ortho intramolecular Hbond substituents is 2. The van der Waals surface area contributed by atoms with Crippen LogP contribution in [0.2, 0.25) is 0 Å². The molecule has 2 aromatic rings. The Morgan fingerprint density at radius 2 is 1.57 bits per heavy atom. The Kier molecular flexibility index (Phi) is 3.37. The van der Waals surface area contributed by atoms with E-state index < -0.39 is 0 Å². The molecule has 2 atom stereocenters. The predicted molar refractivity (Wildman–Crippen MR) is 92.0 cm³/mol. The van der Waals surface area contributed by atoms with Gasteiger partial charge in [-0.05, 0) is 83.5 Å². The summed E-state index contributed by atoms with van der Waals surface area (Å²) in [5.41, 5.74) is 5.70. The highest BCUT2D eigenvalue weighted by atomic mass is 16.3. The normalized spacial score (nSPS) is 24.8. The smallest absolute Gasteiger partial charge is 0.115 e. The Labute approximate surface area is 137 Å². The van der Waals surface area contributed by atoms with Crippen LogP contribution >= 0.6 is 0 Å².